The van der Waals surface area contributed by atoms with Crippen LogP contribution in [0.3, 0.4) is 0 Å². The van der Waals surface area contributed by atoms with Crippen molar-refractivity contribution in [3.63, 3.8) is 0 Å². The molecule has 0 bridgehead atoms. The Bertz CT molecular complexity index is 394. The summed E-state index contributed by atoms with van der Waals surface area (Å²) in [6, 6.07) is 5.98. The number of methoxy groups -OCH3 is 1. The maximum absolute atomic E-state index is 6.08. The van der Waals surface area contributed by atoms with Crippen molar-refractivity contribution >= 4 is 11.8 Å². The predicted molar refractivity (Wildman–Crippen MR) is 77.8 cm³/mol. The van der Waals surface area contributed by atoms with Gasteiger partial charge in [0.15, 0.2) is 11.5 Å². The van der Waals surface area contributed by atoms with Gasteiger partial charge in [-0.05, 0) is 42.7 Å². The fourth-order valence-electron chi connectivity index (χ4n) is 2.13. The maximum Gasteiger partial charge on any atom is 0.161 e. The molecular formula is C14H21NO3S. The van der Waals surface area contributed by atoms with Gasteiger partial charge in [0.1, 0.15) is 6.10 Å². The summed E-state index contributed by atoms with van der Waals surface area (Å²) in [6.07, 6.45) is 3.40. The van der Waals surface area contributed by atoms with Crippen LogP contribution in [-0.4, -0.2) is 31.3 Å². The fourth-order valence-corrected chi connectivity index (χ4v) is 3.16. The summed E-state index contributed by atoms with van der Waals surface area (Å²) < 4.78 is 11.4. The molecule has 0 amide bonds. The highest BCUT2D eigenvalue weighted by atomic mass is 32.2. The Morgan fingerprint density at radius 1 is 1.37 bits per heavy atom. The summed E-state index contributed by atoms with van der Waals surface area (Å²) in [4.78, 5) is 4.62. The SMILES string of the molecule is COc1ccc(CCON)cc1OC1CCCSC1. The third-order valence-corrected chi connectivity index (χ3v) is 4.33. The van der Waals surface area contributed by atoms with E-state index in [0.29, 0.717) is 6.61 Å². The molecule has 19 heavy (non-hydrogen) atoms. The summed E-state index contributed by atoms with van der Waals surface area (Å²) in [5.74, 6) is 8.97. The first-order valence-corrected chi connectivity index (χ1v) is 7.72. The molecule has 0 radical (unpaired) electrons. The van der Waals surface area contributed by atoms with Crippen LogP contribution < -0.4 is 15.4 Å². The Balaban J connectivity index is 2.06. The van der Waals surface area contributed by atoms with Crippen molar-refractivity contribution in [2.45, 2.75) is 25.4 Å². The molecule has 1 aliphatic heterocycles. The molecule has 0 aliphatic carbocycles. The van der Waals surface area contributed by atoms with Crippen molar-refractivity contribution in [3.8, 4) is 11.5 Å². The van der Waals surface area contributed by atoms with E-state index in [0.717, 1.165) is 35.7 Å². The second-order valence-corrected chi connectivity index (χ2v) is 5.71. The first-order chi connectivity index (χ1) is 9.33. The Kier molecular flexibility index (Phi) is 5.82. The quantitative estimate of drug-likeness (QED) is 0.813. The molecular weight excluding hydrogens is 262 g/mol. The molecule has 5 heteroatoms. The van der Waals surface area contributed by atoms with Crippen LogP contribution in [0, 0.1) is 0 Å². The van der Waals surface area contributed by atoms with Crippen LogP contribution in [0.15, 0.2) is 18.2 Å². The Morgan fingerprint density at radius 3 is 2.95 bits per heavy atom. The van der Waals surface area contributed by atoms with Crippen molar-refractivity contribution in [1.82, 2.24) is 0 Å². The zero-order valence-electron chi connectivity index (χ0n) is 11.3. The third-order valence-electron chi connectivity index (χ3n) is 3.15. The van der Waals surface area contributed by atoms with Gasteiger partial charge in [-0.25, -0.2) is 5.90 Å². The molecule has 1 aromatic rings. The van der Waals surface area contributed by atoms with Crippen molar-refractivity contribution in [1.29, 1.82) is 0 Å². The molecule has 1 aliphatic rings. The van der Waals surface area contributed by atoms with Gasteiger partial charge in [-0.2, -0.15) is 11.8 Å². The minimum atomic E-state index is 0.286. The highest BCUT2D eigenvalue weighted by Gasteiger charge is 2.17. The van der Waals surface area contributed by atoms with E-state index in [9.17, 15) is 0 Å². The fraction of sp³-hybridized carbons (Fsp3) is 0.571. The highest BCUT2D eigenvalue weighted by molar-refractivity contribution is 7.99. The van der Waals surface area contributed by atoms with E-state index < -0.39 is 0 Å². The van der Waals surface area contributed by atoms with Crippen LogP contribution in [-0.2, 0) is 11.3 Å². The van der Waals surface area contributed by atoms with Crippen LogP contribution in [0.5, 0.6) is 11.5 Å². The molecule has 1 aromatic carbocycles. The van der Waals surface area contributed by atoms with Gasteiger partial charge < -0.3 is 14.3 Å². The number of rotatable bonds is 6. The average molecular weight is 283 g/mol. The summed E-state index contributed by atoms with van der Waals surface area (Å²) in [6.45, 7) is 0.505. The van der Waals surface area contributed by atoms with Gasteiger partial charge in [0, 0.05) is 5.75 Å². The molecule has 1 atom stereocenters. The summed E-state index contributed by atoms with van der Waals surface area (Å²) in [5.41, 5.74) is 1.14. The number of nitrogens with two attached hydrogens (primary N) is 1. The van der Waals surface area contributed by atoms with Gasteiger partial charge in [-0.15, -0.1) is 0 Å². The van der Waals surface area contributed by atoms with Crippen molar-refractivity contribution in [3.05, 3.63) is 23.8 Å². The minimum Gasteiger partial charge on any atom is -0.493 e. The smallest absolute Gasteiger partial charge is 0.161 e. The van der Waals surface area contributed by atoms with Gasteiger partial charge in [0.2, 0.25) is 0 Å². The van der Waals surface area contributed by atoms with Crippen LogP contribution in [0.2, 0.25) is 0 Å². The molecule has 1 fully saturated rings. The number of benzene rings is 1. The molecule has 0 saturated carbocycles. The second kappa shape index (κ2) is 7.62. The first kappa shape index (κ1) is 14.5. The Morgan fingerprint density at radius 2 is 2.26 bits per heavy atom. The molecule has 1 unspecified atom stereocenters. The van der Waals surface area contributed by atoms with E-state index in [1.807, 2.05) is 30.0 Å². The standard InChI is InChI=1S/C14H21NO3S/c1-16-13-5-4-11(6-7-17-15)9-14(13)18-12-3-2-8-19-10-12/h4-5,9,12H,2-3,6-8,10,15H2,1H3. The number of hydrogen-bond donors (Lipinski definition) is 1. The van der Waals surface area contributed by atoms with E-state index in [-0.39, 0.29) is 6.10 Å². The zero-order chi connectivity index (χ0) is 13.5. The van der Waals surface area contributed by atoms with E-state index in [4.69, 9.17) is 15.4 Å². The molecule has 1 heterocycles. The number of hydrogen-bond acceptors (Lipinski definition) is 5. The summed E-state index contributed by atoms with van der Waals surface area (Å²) >= 11 is 1.95. The Labute approximate surface area is 118 Å². The van der Waals surface area contributed by atoms with Crippen molar-refractivity contribution in [2.75, 3.05) is 25.2 Å². The monoisotopic (exact) mass is 283 g/mol. The van der Waals surface area contributed by atoms with Gasteiger partial charge in [0.25, 0.3) is 0 Å². The number of thioether (sulfide) groups is 1. The average Bonchev–Trinajstić information content (AvgIpc) is 2.46. The molecule has 1 saturated heterocycles. The van der Waals surface area contributed by atoms with Gasteiger partial charge >= 0.3 is 0 Å². The lowest BCUT2D eigenvalue weighted by Gasteiger charge is -2.24. The molecule has 0 spiro atoms. The van der Waals surface area contributed by atoms with E-state index >= 15 is 0 Å². The molecule has 2 N–H and O–H groups in total. The molecule has 4 nitrogen and oxygen atoms in total. The lowest BCUT2D eigenvalue weighted by atomic mass is 10.1. The van der Waals surface area contributed by atoms with Crippen molar-refractivity contribution < 1.29 is 14.3 Å². The zero-order valence-corrected chi connectivity index (χ0v) is 12.1. The van der Waals surface area contributed by atoms with Crippen molar-refractivity contribution in [2.24, 2.45) is 5.90 Å². The van der Waals surface area contributed by atoms with Gasteiger partial charge in [-0.1, -0.05) is 6.07 Å². The highest BCUT2D eigenvalue weighted by Crippen LogP contribution is 2.31. The summed E-state index contributed by atoms with van der Waals surface area (Å²) in [5, 5.41) is 0. The van der Waals surface area contributed by atoms with E-state index in [1.165, 1.54) is 12.2 Å². The van der Waals surface area contributed by atoms with Crippen LogP contribution >= 0.6 is 11.8 Å². The molecule has 2 rings (SSSR count). The summed E-state index contributed by atoms with van der Waals surface area (Å²) in [7, 11) is 1.67. The number of ether oxygens (including phenoxy) is 2. The minimum absolute atomic E-state index is 0.286. The molecule has 0 aromatic heterocycles. The second-order valence-electron chi connectivity index (χ2n) is 4.56. The topological polar surface area (TPSA) is 53.7 Å². The third kappa shape index (κ3) is 4.30. The molecule has 106 valence electrons. The maximum atomic E-state index is 6.08. The largest absolute Gasteiger partial charge is 0.493 e. The lowest BCUT2D eigenvalue weighted by Crippen LogP contribution is -2.23. The van der Waals surface area contributed by atoms with Crippen LogP contribution in [0.4, 0.5) is 0 Å². The van der Waals surface area contributed by atoms with Crippen LogP contribution in [0.25, 0.3) is 0 Å². The Hall–Kier alpha value is -0.910. The normalized spacial score (nSPS) is 19.2. The predicted octanol–water partition coefficient (Wildman–Crippen LogP) is 2.40. The van der Waals surface area contributed by atoms with Crippen LogP contribution in [0.1, 0.15) is 18.4 Å². The van der Waals surface area contributed by atoms with Gasteiger partial charge in [0.05, 0.1) is 13.7 Å². The van der Waals surface area contributed by atoms with Gasteiger partial charge in [-0.3, -0.25) is 0 Å². The van der Waals surface area contributed by atoms with E-state index in [1.54, 1.807) is 7.11 Å². The first-order valence-electron chi connectivity index (χ1n) is 6.56. The lowest BCUT2D eigenvalue weighted by molar-refractivity contribution is 0.141. The van der Waals surface area contributed by atoms with E-state index in [2.05, 4.69) is 4.84 Å².